The van der Waals surface area contributed by atoms with Crippen molar-refractivity contribution in [3.63, 3.8) is 0 Å². The highest BCUT2D eigenvalue weighted by molar-refractivity contribution is 5.77. The summed E-state index contributed by atoms with van der Waals surface area (Å²) in [6.07, 6.45) is 2.91. The maximum atomic E-state index is 5.31. The van der Waals surface area contributed by atoms with Gasteiger partial charge in [0, 0.05) is 6.42 Å². The van der Waals surface area contributed by atoms with E-state index in [1.807, 2.05) is 0 Å². The first-order valence-corrected chi connectivity index (χ1v) is 4.84. The maximum absolute atomic E-state index is 5.31. The standard InChI is InChI=1S/C9H15NO3/c1(2-8-10-4-5-11-8)3-9-12-6-7-13-9/h9H,1-7H2. The van der Waals surface area contributed by atoms with Gasteiger partial charge in [0.1, 0.15) is 6.61 Å². The number of hydrogen-bond acceptors (Lipinski definition) is 4. The molecule has 0 aromatic rings. The lowest BCUT2D eigenvalue weighted by Gasteiger charge is -2.07. The first-order valence-electron chi connectivity index (χ1n) is 4.84. The summed E-state index contributed by atoms with van der Waals surface area (Å²) in [5, 5.41) is 0. The predicted octanol–water partition coefficient (Wildman–Crippen LogP) is 0.958. The number of ether oxygens (including phenoxy) is 3. The third kappa shape index (κ3) is 2.67. The Morgan fingerprint density at radius 1 is 1.23 bits per heavy atom. The van der Waals surface area contributed by atoms with E-state index in [1.165, 1.54) is 0 Å². The second kappa shape index (κ2) is 4.58. The van der Waals surface area contributed by atoms with E-state index in [4.69, 9.17) is 14.2 Å². The molecule has 0 atom stereocenters. The molecular formula is C9H15NO3. The Morgan fingerprint density at radius 3 is 2.77 bits per heavy atom. The lowest BCUT2D eigenvalue weighted by molar-refractivity contribution is -0.0474. The summed E-state index contributed by atoms with van der Waals surface area (Å²) in [5.41, 5.74) is 0. The first-order chi connectivity index (χ1) is 6.45. The van der Waals surface area contributed by atoms with Crippen molar-refractivity contribution in [1.82, 2.24) is 0 Å². The van der Waals surface area contributed by atoms with Crippen LogP contribution in [0.3, 0.4) is 0 Å². The highest BCUT2D eigenvalue weighted by atomic mass is 16.7. The van der Waals surface area contributed by atoms with E-state index in [-0.39, 0.29) is 6.29 Å². The number of nitrogens with zero attached hydrogens (tertiary/aromatic N) is 1. The van der Waals surface area contributed by atoms with Crippen LogP contribution < -0.4 is 0 Å². The topological polar surface area (TPSA) is 40.0 Å². The Kier molecular flexibility index (Phi) is 3.16. The molecule has 2 aliphatic rings. The van der Waals surface area contributed by atoms with Gasteiger partial charge in [-0.25, -0.2) is 0 Å². The largest absolute Gasteiger partial charge is 0.479 e. The van der Waals surface area contributed by atoms with Crippen molar-refractivity contribution in [3.8, 4) is 0 Å². The molecule has 13 heavy (non-hydrogen) atoms. The normalized spacial score (nSPS) is 23.2. The fourth-order valence-corrected chi connectivity index (χ4v) is 1.52. The third-order valence-electron chi connectivity index (χ3n) is 2.17. The predicted molar refractivity (Wildman–Crippen MR) is 47.8 cm³/mol. The average Bonchev–Trinajstić information content (AvgIpc) is 2.75. The van der Waals surface area contributed by atoms with E-state index in [0.29, 0.717) is 0 Å². The van der Waals surface area contributed by atoms with Crippen LogP contribution in [0.15, 0.2) is 4.99 Å². The molecule has 1 saturated heterocycles. The molecule has 74 valence electrons. The molecule has 2 aliphatic heterocycles. The van der Waals surface area contributed by atoms with Crippen LogP contribution in [0.25, 0.3) is 0 Å². The molecule has 0 bridgehead atoms. The Balaban J connectivity index is 1.57. The molecular weight excluding hydrogens is 170 g/mol. The molecule has 2 rings (SSSR count). The number of hydrogen-bond donors (Lipinski definition) is 0. The molecule has 0 aromatic carbocycles. The molecule has 1 fully saturated rings. The van der Waals surface area contributed by atoms with Gasteiger partial charge in [-0.1, -0.05) is 0 Å². The first kappa shape index (κ1) is 8.97. The molecule has 0 aliphatic carbocycles. The minimum Gasteiger partial charge on any atom is -0.479 e. The summed E-state index contributed by atoms with van der Waals surface area (Å²) in [7, 11) is 0. The molecule has 0 aromatic heterocycles. The molecule has 4 heteroatoms. The van der Waals surface area contributed by atoms with Gasteiger partial charge in [0.2, 0.25) is 0 Å². The Bertz CT molecular complexity index is 187. The molecule has 0 spiro atoms. The zero-order valence-electron chi connectivity index (χ0n) is 7.70. The SMILES string of the molecule is C(CC1=NCCO1)CC1OCCO1. The van der Waals surface area contributed by atoms with Crippen molar-refractivity contribution in [2.45, 2.75) is 25.6 Å². The van der Waals surface area contributed by atoms with Gasteiger partial charge in [0.15, 0.2) is 12.2 Å². The van der Waals surface area contributed by atoms with Gasteiger partial charge in [0.05, 0.1) is 19.8 Å². The molecule has 0 radical (unpaired) electrons. The summed E-state index contributed by atoms with van der Waals surface area (Å²) in [6.45, 7) is 3.06. The van der Waals surface area contributed by atoms with Crippen molar-refractivity contribution >= 4 is 5.90 Å². The Hall–Kier alpha value is -0.610. The van der Waals surface area contributed by atoms with Crippen molar-refractivity contribution in [2.24, 2.45) is 4.99 Å². The average molecular weight is 185 g/mol. The number of rotatable bonds is 4. The fraction of sp³-hybridized carbons (Fsp3) is 0.889. The van der Waals surface area contributed by atoms with Gasteiger partial charge in [-0.2, -0.15) is 0 Å². The summed E-state index contributed by atoms with van der Waals surface area (Å²) in [4.78, 5) is 4.21. The van der Waals surface area contributed by atoms with E-state index in [1.54, 1.807) is 0 Å². The van der Waals surface area contributed by atoms with Crippen molar-refractivity contribution in [3.05, 3.63) is 0 Å². The van der Waals surface area contributed by atoms with Gasteiger partial charge in [-0.3, -0.25) is 4.99 Å². The molecule has 0 unspecified atom stereocenters. The summed E-state index contributed by atoms with van der Waals surface area (Å²) in [6, 6.07) is 0. The Morgan fingerprint density at radius 2 is 2.08 bits per heavy atom. The van der Waals surface area contributed by atoms with Crippen molar-refractivity contribution < 1.29 is 14.2 Å². The highest BCUT2D eigenvalue weighted by Gasteiger charge is 2.16. The second-order valence-electron chi connectivity index (χ2n) is 3.19. The molecule has 0 N–H and O–H groups in total. The fourth-order valence-electron chi connectivity index (χ4n) is 1.52. The molecule has 0 saturated carbocycles. The molecule has 2 heterocycles. The summed E-state index contributed by atoms with van der Waals surface area (Å²) >= 11 is 0. The van der Waals surface area contributed by atoms with Crippen LogP contribution in [0, 0.1) is 0 Å². The van der Waals surface area contributed by atoms with Crippen LogP contribution in [0.5, 0.6) is 0 Å². The zero-order chi connectivity index (χ0) is 8.93. The van der Waals surface area contributed by atoms with Gasteiger partial charge < -0.3 is 14.2 Å². The third-order valence-corrected chi connectivity index (χ3v) is 2.17. The molecule has 0 amide bonds. The Labute approximate surface area is 77.9 Å². The highest BCUT2D eigenvalue weighted by Crippen LogP contribution is 2.12. The number of aliphatic imine (C=N–C) groups is 1. The van der Waals surface area contributed by atoms with E-state index in [0.717, 1.165) is 51.5 Å². The van der Waals surface area contributed by atoms with E-state index in [2.05, 4.69) is 4.99 Å². The van der Waals surface area contributed by atoms with Gasteiger partial charge >= 0.3 is 0 Å². The quantitative estimate of drug-likeness (QED) is 0.655. The molecule has 4 nitrogen and oxygen atoms in total. The summed E-state index contributed by atoms with van der Waals surface area (Å²) in [5.74, 6) is 0.901. The minimum atomic E-state index is 0.0157. The summed E-state index contributed by atoms with van der Waals surface area (Å²) < 4.78 is 15.9. The van der Waals surface area contributed by atoms with Crippen LogP contribution in [-0.4, -0.2) is 38.6 Å². The van der Waals surface area contributed by atoms with Crippen molar-refractivity contribution in [2.75, 3.05) is 26.4 Å². The van der Waals surface area contributed by atoms with E-state index in [9.17, 15) is 0 Å². The lowest BCUT2D eigenvalue weighted by Crippen LogP contribution is -2.08. The van der Waals surface area contributed by atoms with E-state index < -0.39 is 0 Å². The maximum Gasteiger partial charge on any atom is 0.183 e. The van der Waals surface area contributed by atoms with E-state index >= 15 is 0 Å². The minimum absolute atomic E-state index is 0.0157. The lowest BCUT2D eigenvalue weighted by atomic mass is 10.2. The van der Waals surface area contributed by atoms with Crippen LogP contribution in [-0.2, 0) is 14.2 Å². The van der Waals surface area contributed by atoms with Crippen LogP contribution in [0.2, 0.25) is 0 Å². The van der Waals surface area contributed by atoms with Crippen molar-refractivity contribution in [1.29, 1.82) is 0 Å². The van der Waals surface area contributed by atoms with Gasteiger partial charge in [0.25, 0.3) is 0 Å². The van der Waals surface area contributed by atoms with Gasteiger partial charge in [-0.05, 0) is 12.8 Å². The van der Waals surface area contributed by atoms with Gasteiger partial charge in [-0.15, -0.1) is 0 Å². The van der Waals surface area contributed by atoms with Crippen LogP contribution in [0.4, 0.5) is 0 Å². The second-order valence-corrected chi connectivity index (χ2v) is 3.19. The monoisotopic (exact) mass is 185 g/mol. The van der Waals surface area contributed by atoms with Crippen LogP contribution in [0.1, 0.15) is 19.3 Å². The zero-order valence-corrected chi connectivity index (χ0v) is 7.70. The smallest absolute Gasteiger partial charge is 0.183 e. The van der Waals surface area contributed by atoms with Crippen LogP contribution >= 0.6 is 0 Å².